The molecule has 1 aromatic heterocycles. The zero-order valence-electron chi connectivity index (χ0n) is 9.44. The summed E-state index contributed by atoms with van der Waals surface area (Å²) < 4.78 is 23.3. The Balaban J connectivity index is 3.01. The van der Waals surface area contributed by atoms with Gasteiger partial charge < -0.3 is 5.73 Å². The number of aromatic nitrogens is 1. The number of thiazole rings is 1. The van der Waals surface area contributed by atoms with Gasteiger partial charge in [0.05, 0.1) is 15.8 Å². The SMILES string of the molecule is Cc1nc(CS(=O)(=O)C(C)C)sc1C(=N)N. The Morgan fingerprint density at radius 1 is 1.56 bits per heavy atom. The summed E-state index contributed by atoms with van der Waals surface area (Å²) in [7, 11) is -3.14. The highest BCUT2D eigenvalue weighted by Gasteiger charge is 2.20. The van der Waals surface area contributed by atoms with Gasteiger partial charge >= 0.3 is 0 Å². The van der Waals surface area contributed by atoms with Gasteiger partial charge in [-0.25, -0.2) is 13.4 Å². The van der Waals surface area contributed by atoms with Gasteiger partial charge in [-0.05, 0) is 20.8 Å². The van der Waals surface area contributed by atoms with E-state index in [1.54, 1.807) is 20.8 Å². The van der Waals surface area contributed by atoms with Crippen LogP contribution in [-0.4, -0.2) is 24.5 Å². The molecule has 0 radical (unpaired) electrons. The van der Waals surface area contributed by atoms with Crippen molar-refractivity contribution in [2.75, 3.05) is 0 Å². The van der Waals surface area contributed by atoms with Crippen molar-refractivity contribution in [1.29, 1.82) is 5.41 Å². The summed E-state index contributed by atoms with van der Waals surface area (Å²) in [6.45, 7) is 5.00. The van der Waals surface area contributed by atoms with E-state index in [4.69, 9.17) is 11.1 Å². The molecule has 16 heavy (non-hydrogen) atoms. The van der Waals surface area contributed by atoms with E-state index in [9.17, 15) is 8.42 Å². The number of rotatable bonds is 4. The summed E-state index contributed by atoms with van der Waals surface area (Å²) in [4.78, 5) is 4.67. The lowest BCUT2D eigenvalue weighted by Gasteiger charge is -2.04. The number of nitrogen functional groups attached to an aromatic ring is 1. The molecule has 5 nitrogen and oxygen atoms in total. The molecule has 0 bridgehead atoms. The van der Waals surface area contributed by atoms with E-state index in [1.165, 1.54) is 11.3 Å². The Morgan fingerprint density at radius 2 is 2.12 bits per heavy atom. The first-order valence-electron chi connectivity index (χ1n) is 4.76. The molecule has 0 aromatic carbocycles. The lowest BCUT2D eigenvalue weighted by molar-refractivity contribution is 0.586. The Morgan fingerprint density at radius 3 is 2.50 bits per heavy atom. The quantitative estimate of drug-likeness (QED) is 0.625. The fraction of sp³-hybridized carbons (Fsp3) is 0.556. The molecule has 0 amide bonds. The number of hydrogen-bond donors (Lipinski definition) is 2. The molecule has 1 heterocycles. The highest BCUT2D eigenvalue weighted by atomic mass is 32.2. The van der Waals surface area contributed by atoms with Crippen LogP contribution in [0.2, 0.25) is 0 Å². The predicted octanol–water partition coefficient (Wildman–Crippen LogP) is 1.06. The Labute approximate surface area is 99.1 Å². The van der Waals surface area contributed by atoms with Crippen molar-refractivity contribution in [2.45, 2.75) is 31.8 Å². The highest BCUT2D eigenvalue weighted by molar-refractivity contribution is 7.91. The minimum absolute atomic E-state index is 0.0665. The first-order valence-corrected chi connectivity index (χ1v) is 7.29. The molecular formula is C9H15N3O2S2. The van der Waals surface area contributed by atoms with Gasteiger partial charge in [0.1, 0.15) is 16.6 Å². The zero-order chi connectivity index (χ0) is 12.5. The van der Waals surface area contributed by atoms with Crippen LogP contribution < -0.4 is 5.73 Å². The molecule has 0 saturated carbocycles. The van der Waals surface area contributed by atoms with E-state index in [2.05, 4.69) is 4.98 Å². The molecule has 0 unspecified atom stereocenters. The molecule has 0 spiro atoms. The maximum atomic E-state index is 11.7. The number of hydrogen-bond acceptors (Lipinski definition) is 5. The van der Waals surface area contributed by atoms with Crippen LogP contribution in [0.1, 0.15) is 29.4 Å². The van der Waals surface area contributed by atoms with E-state index in [-0.39, 0.29) is 11.6 Å². The third-order valence-corrected chi connectivity index (χ3v) is 5.61. The summed E-state index contributed by atoms with van der Waals surface area (Å²) in [5.41, 5.74) is 5.97. The van der Waals surface area contributed by atoms with E-state index in [0.29, 0.717) is 15.6 Å². The third-order valence-electron chi connectivity index (χ3n) is 2.13. The van der Waals surface area contributed by atoms with Gasteiger partial charge in [0.2, 0.25) is 0 Å². The van der Waals surface area contributed by atoms with E-state index in [0.717, 1.165) is 0 Å². The predicted molar refractivity (Wildman–Crippen MR) is 65.6 cm³/mol. The Hall–Kier alpha value is -0.950. The molecule has 0 atom stereocenters. The fourth-order valence-electron chi connectivity index (χ4n) is 1.10. The number of amidine groups is 1. The normalized spacial score (nSPS) is 12.0. The molecule has 0 aliphatic carbocycles. The molecule has 0 aliphatic rings. The van der Waals surface area contributed by atoms with Crippen molar-refractivity contribution in [3.05, 3.63) is 15.6 Å². The minimum atomic E-state index is -3.14. The van der Waals surface area contributed by atoms with Crippen molar-refractivity contribution in [2.24, 2.45) is 5.73 Å². The number of nitrogens with zero attached hydrogens (tertiary/aromatic N) is 1. The van der Waals surface area contributed by atoms with Crippen LogP contribution in [0.3, 0.4) is 0 Å². The van der Waals surface area contributed by atoms with Crippen LogP contribution in [-0.2, 0) is 15.6 Å². The number of nitrogens with two attached hydrogens (primary N) is 1. The molecule has 0 saturated heterocycles. The maximum Gasteiger partial charge on any atom is 0.159 e. The van der Waals surface area contributed by atoms with Gasteiger partial charge in [-0.3, -0.25) is 5.41 Å². The largest absolute Gasteiger partial charge is 0.383 e. The van der Waals surface area contributed by atoms with Gasteiger partial charge in [0.25, 0.3) is 0 Å². The number of nitrogens with one attached hydrogen (secondary N) is 1. The van der Waals surface area contributed by atoms with E-state index >= 15 is 0 Å². The van der Waals surface area contributed by atoms with Crippen molar-refractivity contribution in [3.63, 3.8) is 0 Å². The average molecular weight is 261 g/mol. The lowest BCUT2D eigenvalue weighted by atomic mass is 10.4. The topological polar surface area (TPSA) is 96.9 Å². The molecule has 7 heteroatoms. The molecule has 90 valence electrons. The summed E-state index contributed by atoms with van der Waals surface area (Å²) in [5.74, 6) is -0.146. The van der Waals surface area contributed by atoms with E-state index < -0.39 is 15.1 Å². The second-order valence-corrected chi connectivity index (χ2v) is 7.43. The van der Waals surface area contributed by atoms with Crippen LogP contribution in [0, 0.1) is 12.3 Å². The van der Waals surface area contributed by atoms with Crippen LogP contribution in [0.25, 0.3) is 0 Å². The molecule has 1 aromatic rings. The Bertz CT molecular complexity index is 503. The van der Waals surface area contributed by atoms with Gasteiger partial charge in [0, 0.05) is 0 Å². The van der Waals surface area contributed by atoms with Crippen molar-refractivity contribution >= 4 is 27.0 Å². The molecule has 0 aliphatic heterocycles. The van der Waals surface area contributed by atoms with Crippen LogP contribution in [0.5, 0.6) is 0 Å². The first-order chi connectivity index (χ1) is 7.24. The fourth-order valence-corrected chi connectivity index (χ4v) is 3.29. The van der Waals surface area contributed by atoms with Crippen LogP contribution in [0.4, 0.5) is 0 Å². The lowest BCUT2D eigenvalue weighted by Crippen LogP contribution is -2.15. The first kappa shape index (κ1) is 13.1. The summed E-state index contributed by atoms with van der Waals surface area (Å²) in [5, 5.41) is 7.38. The van der Waals surface area contributed by atoms with Crippen LogP contribution in [0.15, 0.2) is 0 Å². The number of sulfone groups is 1. The van der Waals surface area contributed by atoms with Crippen molar-refractivity contribution < 1.29 is 8.42 Å². The van der Waals surface area contributed by atoms with Gasteiger partial charge in [-0.15, -0.1) is 11.3 Å². The molecular weight excluding hydrogens is 246 g/mol. The van der Waals surface area contributed by atoms with Gasteiger partial charge in [0.15, 0.2) is 9.84 Å². The number of aryl methyl sites for hydroxylation is 1. The minimum Gasteiger partial charge on any atom is -0.383 e. The molecule has 1 rings (SSSR count). The van der Waals surface area contributed by atoms with Crippen LogP contribution >= 0.6 is 11.3 Å². The maximum absolute atomic E-state index is 11.7. The Kier molecular flexibility index (Phi) is 3.69. The standard InChI is InChI=1S/C9H15N3O2S2/c1-5(2)16(13,14)4-7-12-6(3)8(15-7)9(10)11/h5H,4H2,1-3H3,(H3,10,11). The molecule has 3 N–H and O–H groups in total. The monoisotopic (exact) mass is 261 g/mol. The summed E-state index contributed by atoms with van der Waals surface area (Å²) in [6, 6.07) is 0. The second-order valence-electron chi connectivity index (χ2n) is 3.79. The second kappa shape index (κ2) is 4.50. The average Bonchev–Trinajstić information content (AvgIpc) is 2.45. The molecule has 0 fully saturated rings. The highest BCUT2D eigenvalue weighted by Crippen LogP contribution is 2.20. The summed E-state index contributed by atoms with van der Waals surface area (Å²) >= 11 is 1.17. The van der Waals surface area contributed by atoms with Gasteiger partial charge in [-0.2, -0.15) is 0 Å². The van der Waals surface area contributed by atoms with Crippen molar-refractivity contribution in [3.8, 4) is 0 Å². The van der Waals surface area contributed by atoms with E-state index in [1.807, 2.05) is 0 Å². The smallest absolute Gasteiger partial charge is 0.159 e. The summed E-state index contributed by atoms with van der Waals surface area (Å²) in [6.07, 6.45) is 0. The zero-order valence-corrected chi connectivity index (χ0v) is 11.1. The van der Waals surface area contributed by atoms with Gasteiger partial charge in [-0.1, -0.05) is 0 Å². The van der Waals surface area contributed by atoms with Crippen molar-refractivity contribution in [1.82, 2.24) is 4.98 Å². The third kappa shape index (κ3) is 2.79.